The molecule has 0 radical (unpaired) electrons. The number of aromatic nitrogens is 3. The van der Waals surface area contributed by atoms with E-state index in [0.29, 0.717) is 23.5 Å². The highest BCUT2D eigenvalue weighted by Crippen LogP contribution is 2.27. The smallest absolute Gasteiger partial charge is 0.263 e. The summed E-state index contributed by atoms with van der Waals surface area (Å²) in [7, 11) is 1.84. The Bertz CT molecular complexity index is 576. The van der Waals surface area contributed by atoms with Gasteiger partial charge in [0.15, 0.2) is 0 Å². The molecular formula is C12H16N4O2S. The summed E-state index contributed by atoms with van der Waals surface area (Å²) in [6, 6.07) is 0. The van der Waals surface area contributed by atoms with Gasteiger partial charge in [0.2, 0.25) is 0 Å². The number of thiazole rings is 1. The van der Waals surface area contributed by atoms with Crippen molar-refractivity contribution in [1.29, 1.82) is 0 Å². The lowest BCUT2D eigenvalue weighted by molar-refractivity contribution is 0.0954. The molecule has 2 aromatic rings. The number of nitrogens with zero attached hydrogens (tertiary/aromatic N) is 3. The van der Waals surface area contributed by atoms with E-state index in [-0.39, 0.29) is 12.5 Å². The van der Waals surface area contributed by atoms with Gasteiger partial charge in [-0.1, -0.05) is 0 Å². The van der Waals surface area contributed by atoms with Gasteiger partial charge in [0, 0.05) is 32.0 Å². The zero-order chi connectivity index (χ0) is 13.8. The molecule has 1 amide bonds. The molecule has 6 nitrogen and oxygen atoms in total. The molecule has 7 heteroatoms. The van der Waals surface area contributed by atoms with Crippen LogP contribution in [0.3, 0.4) is 0 Å². The highest BCUT2D eigenvalue weighted by molar-refractivity contribution is 7.17. The van der Waals surface area contributed by atoms with Gasteiger partial charge in [-0.05, 0) is 13.3 Å². The predicted molar refractivity (Wildman–Crippen MR) is 73.1 cm³/mol. The van der Waals surface area contributed by atoms with E-state index in [1.165, 1.54) is 11.3 Å². The summed E-state index contributed by atoms with van der Waals surface area (Å²) in [5.41, 5.74) is 1.62. The van der Waals surface area contributed by atoms with Gasteiger partial charge in [-0.3, -0.25) is 9.48 Å². The second kappa shape index (κ2) is 5.94. The van der Waals surface area contributed by atoms with Crippen molar-refractivity contribution in [2.75, 3.05) is 13.2 Å². The fraction of sp³-hybridized carbons (Fsp3) is 0.417. The van der Waals surface area contributed by atoms with Crippen molar-refractivity contribution in [3.63, 3.8) is 0 Å². The van der Waals surface area contributed by atoms with Crippen molar-refractivity contribution < 1.29 is 9.90 Å². The molecule has 2 N–H and O–H groups in total. The Labute approximate surface area is 115 Å². The first-order valence-electron chi connectivity index (χ1n) is 5.97. The zero-order valence-corrected chi connectivity index (χ0v) is 11.7. The van der Waals surface area contributed by atoms with Crippen molar-refractivity contribution in [2.45, 2.75) is 13.3 Å². The highest BCUT2D eigenvalue weighted by Gasteiger charge is 2.16. The predicted octanol–water partition coefficient (Wildman–Crippen LogP) is 0.964. The molecule has 0 atom stereocenters. The van der Waals surface area contributed by atoms with Crippen LogP contribution in [0.2, 0.25) is 0 Å². The molecule has 2 heterocycles. The Hall–Kier alpha value is -1.73. The normalized spacial score (nSPS) is 10.7. The fourth-order valence-corrected chi connectivity index (χ4v) is 2.58. The van der Waals surface area contributed by atoms with Gasteiger partial charge in [-0.25, -0.2) is 4.98 Å². The summed E-state index contributed by atoms with van der Waals surface area (Å²) in [5, 5.41) is 16.3. The minimum Gasteiger partial charge on any atom is -0.396 e. The lowest BCUT2D eigenvalue weighted by atomic mass is 10.3. The Balaban J connectivity index is 2.14. The summed E-state index contributed by atoms with van der Waals surface area (Å²) in [6.45, 7) is 2.36. The number of aliphatic hydroxyl groups is 1. The van der Waals surface area contributed by atoms with Crippen molar-refractivity contribution in [2.24, 2.45) is 7.05 Å². The van der Waals surface area contributed by atoms with E-state index in [9.17, 15) is 4.79 Å². The lowest BCUT2D eigenvalue weighted by Crippen LogP contribution is -2.24. The Kier molecular flexibility index (Phi) is 4.28. The van der Waals surface area contributed by atoms with Gasteiger partial charge in [0.25, 0.3) is 5.91 Å². The maximum Gasteiger partial charge on any atom is 0.263 e. The summed E-state index contributed by atoms with van der Waals surface area (Å²) in [5.74, 6) is -0.140. The molecule has 0 unspecified atom stereocenters. The molecule has 0 aliphatic carbocycles. The number of hydrogen-bond acceptors (Lipinski definition) is 5. The maximum atomic E-state index is 11.9. The van der Waals surface area contributed by atoms with Crippen LogP contribution < -0.4 is 5.32 Å². The molecule has 0 fully saturated rings. The molecule has 0 aliphatic rings. The SMILES string of the molecule is Cc1nc(-c2cnn(C)c2)sc1C(=O)NCCCO. The first-order valence-corrected chi connectivity index (χ1v) is 6.79. The summed E-state index contributed by atoms with van der Waals surface area (Å²) in [4.78, 5) is 17.0. The zero-order valence-electron chi connectivity index (χ0n) is 10.9. The highest BCUT2D eigenvalue weighted by atomic mass is 32.1. The summed E-state index contributed by atoms with van der Waals surface area (Å²) in [6.07, 6.45) is 4.15. The Morgan fingerprint density at radius 1 is 1.58 bits per heavy atom. The van der Waals surface area contributed by atoms with E-state index >= 15 is 0 Å². The Morgan fingerprint density at radius 2 is 2.37 bits per heavy atom. The van der Waals surface area contributed by atoms with E-state index in [1.807, 2.05) is 20.2 Å². The first kappa shape index (κ1) is 13.7. The number of nitrogens with one attached hydrogen (secondary N) is 1. The number of aliphatic hydroxyl groups excluding tert-OH is 1. The van der Waals surface area contributed by atoms with Crippen LogP contribution in [-0.2, 0) is 7.05 Å². The van der Waals surface area contributed by atoms with E-state index < -0.39 is 0 Å². The molecule has 19 heavy (non-hydrogen) atoms. The average Bonchev–Trinajstić information content (AvgIpc) is 2.95. The average molecular weight is 280 g/mol. The number of amides is 1. The van der Waals surface area contributed by atoms with Crippen LogP contribution in [0.15, 0.2) is 12.4 Å². The van der Waals surface area contributed by atoms with E-state index in [4.69, 9.17) is 5.11 Å². The minimum absolute atomic E-state index is 0.0723. The van der Waals surface area contributed by atoms with Crippen molar-refractivity contribution >= 4 is 17.2 Å². The topological polar surface area (TPSA) is 80.0 Å². The van der Waals surface area contributed by atoms with Crippen LogP contribution in [0.1, 0.15) is 21.8 Å². The van der Waals surface area contributed by atoms with Gasteiger partial charge in [0.1, 0.15) is 9.88 Å². The molecule has 0 aromatic carbocycles. The van der Waals surface area contributed by atoms with E-state index in [0.717, 1.165) is 10.6 Å². The molecular weight excluding hydrogens is 264 g/mol. The number of hydrogen-bond donors (Lipinski definition) is 2. The maximum absolute atomic E-state index is 11.9. The second-order valence-corrected chi connectivity index (χ2v) is 5.17. The van der Waals surface area contributed by atoms with Gasteiger partial charge in [-0.15, -0.1) is 11.3 Å². The van der Waals surface area contributed by atoms with Gasteiger partial charge >= 0.3 is 0 Å². The van der Waals surface area contributed by atoms with Crippen LogP contribution in [0.25, 0.3) is 10.6 Å². The van der Waals surface area contributed by atoms with Crippen molar-refractivity contribution in [3.8, 4) is 10.6 Å². The lowest BCUT2D eigenvalue weighted by Gasteiger charge is -2.01. The fourth-order valence-electron chi connectivity index (χ4n) is 1.62. The van der Waals surface area contributed by atoms with E-state index in [1.54, 1.807) is 10.9 Å². The second-order valence-electron chi connectivity index (χ2n) is 4.17. The van der Waals surface area contributed by atoms with Gasteiger partial charge in [-0.2, -0.15) is 5.10 Å². The van der Waals surface area contributed by atoms with Crippen molar-refractivity contribution in [1.82, 2.24) is 20.1 Å². The number of aryl methyl sites for hydroxylation is 2. The molecule has 0 aliphatic heterocycles. The van der Waals surface area contributed by atoms with E-state index in [2.05, 4.69) is 15.4 Å². The van der Waals surface area contributed by atoms with Crippen LogP contribution in [0, 0.1) is 6.92 Å². The number of carbonyl (C=O) groups is 1. The standard InChI is InChI=1S/C12H16N4O2S/c1-8-10(11(18)13-4-3-5-17)19-12(15-8)9-6-14-16(2)7-9/h6-7,17H,3-5H2,1-2H3,(H,13,18). The van der Waals surface area contributed by atoms with Crippen molar-refractivity contribution in [3.05, 3.63) is 23.0 Å². The van der Waals surface area contributed by atoms with Gasteiger partial charge in [0.05, 0.1) is 11.9 Å². The molecule has 2 rings (SSSR count). The minimum atomic E-state index is -0.140. The Morgan fingerprint density at radius 3 is 3.00 bits per heavy atom. The summed E-state index contributed by atoms with van der Waals surface area (Å²) < 4.78 is 1.70. The van der Waals surface area contributed by atoms with Crippen LogP contribution >= 0.6 is 11.3 Å². The number of carbonyl (C=O) groups excluding carboxylic acids is 1. The largest absolute Gasteiger partial charge is 0.396 e. The monoisotopic (exact) mass is 280 g/mol. The third-order valence-electron chi connectivity index (χ3n) is 2.58. The third kappa shape index (κ3) is 3.18. The summed E-state index contributed by atoms with van der Waals surface area (Å²) >= 11 is 1.35. The number of rotatable bonds is 5. The van der Waals surface area contributed by atoms with Crippen LogP contribution in [0.4, 0.5) is 0 Å². The first-order chi connectivity index (χ1) is 9.11. The molecule has 0 spiro atoms. The quantitative estimate of drug-likeness (QED) is 0.800. The molecule has 102 valence electrons. The van der Waals surface area contributed by atoms with Gasteiger partial charge < -0.3 is 10.4 Å². The molecule has 0 saturated heterocycles. The third-order valence-corrected chi connectivity index (χ3v) is 3.78. The van der Waals surface area contributed by atoms with Crippen LogP contribution in [0.5, 0.6) is 0 Å². The molecule has 0 saturated carbocycles. The van der Waals surface area contributed by atoms with Crippen LogP contribution in [-0.4, -0.2) is 38.9 Å². The molecule has 0 bridgehead atoms. The molecule has 2 aromatic heterocycles.